The summed E-state index contributed by atoms with van der Waals surface area (Å²) >= 11 is 3.66. The molecule has 3 nitrogen and oxygen atoms in total. The highest BCUT2D eigenvalue weighted by molar-refractivity contribution is 9.09. The molecule has 1 aliphatic heterocycles. The number of ether oxygens (including phenoxy) is 1. The number of carbonyl (C=O) groups is 1. The van der Waals surface area contributed by atoms with Gasteiger partial charge in [0.15, 0.2) is 0 Å². The van der Waals surface area contributed by atoms with E-state index < -0.39 is 0 Å². The SMILES string of the molecule is O=C(CCC1CCCO1)NC1CCCCC1Br. The van der Waals surface area contributed by atoms with E-state index in [1.165, 1.54) is 19.3 Å². The van der Waals surface area contributed by atoms with Crippen molar-refractivity contribution in [1.82, 2.24) is 5.32 Å². The van der Waals surface area contributed by atoms with Crippen molar-refractivity contribution in [3.63, 3.8) is 0 Å². The minimum absolute atomic E-state index is 0.192. The Labute approximate surface area is 112 Å². The smallest absolute Gasteiger partial charge is 0.220 e. The fourth-order valence-electron chi connectivity index (χ4n) is 2.69. The lowest BCUT2D eigenvalue weighted by molar-refractivity contribution is -0.122. The predicted octanol–water partition coefficient (Wildman–Crippen LogP) is 2.77. The summed E-state index contributed by atoms with van der Waals surface area (Å²) in [5, 5.41) is 3.15. The molecule has 1 N–H and O–H groups in total. The number of nitrogens with one attached hydrogen (secondary N) is 1. The third-order valence-corrected chi connectivity index (χ3v) is 4.84. The van der Waals surface area contributed by atoms with Crippen LogP contribution in [0.1, 0.15) is 51.4 Å². The minimum Gasteiger partial charge on any atom is -0.378 e. The maximum absolute atomic E-state index is 11.8. The Kier molecular flexibility index (Phi) is 5.29. The monoisotopic (exact) mass is 303 g/mol. The Morgan fingerprint density at radius 1 is 1.24 bits per heavy atom. The van der Waals surface area contributed by atoms with E-state index in [9.17, 15) is 4.79 Å². The van der Waals surface area contributed by atoms with Crippen LogP contribution >= 0.6 is 15.9 Å². The molecule has 3 unspecified atom stereocenters. The average molecular weight is 304 g/mol. The van der Waals surface area contributed by atoms with Crippen molar-refractivity contribution in [2.45, 2.75) is 68.3 Å². The van der Waals surface area contributed by atoms with E-state index >= 15 is 0 Å². The minimum atomic E-state index is 0.192. The van der Waals surface area contributed by atoms with Crippen LogP contribution < -0.4 is 5.32 Å². The van der Waals surface area contributed by atoms with Crippen LogP contribution in [0.2, 0.25) is 0 Å². The van der Waals surface area contributed by atoms with Crippen molar-refractivity contribution >= 4 is 21.8 Å². The Morgan fingerprint density at radius 2 is 2.06 bits per heavy atom. The lowest BCUT2D eigenvalue weighted by Crippen LogP contribution is -2.42. The van der Waals surface area contributed by atoms with Crippen LogP contribution in [-0.4, -0.2) is 29.5 Å². The topological polar surface area (TPSA) is 38.3 Å². The third-order valence-electron chi connectivity index (χ3n) is 3.75. The van der Waals surface area contributed by atoms with E-state index in [0.717, 1.165) is 32.3 Å². The van der Waals surface area contributed by atoms with Gasteiger partial charge in [-0.25, -0.2) is 0 Å². The van der Waals surface area contributed by atoms with Gasteiger partial charge >= 0.3 is 0 Å². The van der Waals surface area contributed by atoms with Gasteiger partial charge in [-0.15, -0.1) is 0 Å². The first-order valence-corrected chi connectivity index (χ1v) is 7.72. The van der Waals surface area contributed by atoms with E-state index in [4.69, 9.17) is 4.74 Å². The molecule has 0 spiro atoms. The first kappa shape index (κ1) is 13.3. The molecule has 2 fully saturated rings. The zero-order valence-corrected chi connectivity index (χ0v) is 11.9. The standard InChI is InChI=1S/C13H22BrNO2/c14-11-5-1-2-6-12(11)15-13(16)8-7-10-4-3-9-17-10/h10-12H,1-9H2,(H,15,16). The van der Waals surface area contributed by atoms with Gasteiger partial charge in [0, 0.05) is 23.9 Å². The highest BCUT2D eigenvalue weighted by Crippen LogP contribution is 2.24. The van der Waals surface area contributed by atoms with Crippen LogP contribution in [0.3, 0.4) is 0 Å². The summed E-state index contributed by atoms with van der Waals surface area (Å²) in [6.45, 7) is 0.873. The highest BCUT2D eigenvalue weighted by atomic mass is 79.9. The Morgan fingerprint density at radius 3 is 2.76 bits per heavy atom. The van der Waals surface area contributed by atoms with Crippen molar-refractivity contribution in [1.29, 1.82) is 0 Å². The predicted molar refractivity (Wildman–Crippen MR) is 71.3 cm³/mol. The second kappa shape index (κ2) is 6.74. The normalized spacial score (nSPS) is 33.6. The van der Waals surface area contributed by atoms with E-state index in [0.29, 0.717) is 23.4 Å². The van der Waals surface area contributed by atoms with Gasteiger partial charge < -0.3 is 10.1 Å². The molecular weight excluding hydrogens is 282 g/mol. The van der Waals surface area contributed by atoms with Crippen molar-refractivity contribution in [2.24, 2.45) is 0 Å². The van der Waals surface area contributed by atoms with E-state index in [-0.39, 0.29) is 5.91 Å². The highest BCUT2D eigenvalue weighted by Gasteiger charge is 2.24. The molecule has 2 aliphatic rings. The van der Waals surface area contributed by atoms with Crippen LogP contribution in [-0.2, 0) is 9.53 Å². The lowest BCUT2D eigenvalue weighted by Gasteiger charge is -2.28. The fraction of sp³-hybridized carbons (Fsp3) is 0.923. The van der Waals surface area contributed by atoms with Crippen molar-refractivity contribution < 1.29 is 9.53 Å². The maximum atomic E-state index is 11.8. The van der Waals surface area contributed by atoms with Crippen LogP contribution in [0.15, 0.2) is 0 Å². The number of hydrogen-bond donors (Lipinski definition) is 1. The summed E-state index contributed by atoms with van der Waals surface area (Å²) in [6.07, 6.45) is 8.89. The molecule has 98 valence electrons. The van der Waals surface area contributed by atoms with E-state index in [1.807, 2.05) is 0 Å². The van der Waals surface area contributed by atoms with Crippen molar-refractivity contribution in [3.05, 3.63) is 0 Å². The second-order valence-electron chi connectivity index (χ2n) is 5.15. The summed E-state index contributed by atoms with van der Waals surface area (Å²) in [5.41, 5.74) is 0. The summed E-state index contributed by atoms with van der Waals surface area (Å²) in [5.74, 6) is 0.192. The second-order valence-corrected chi connectivity index (χ2v) is 6.32. The molecule has 1 saturated carbocycles. The van der Waals surface area contributed by atoms with Gasteiger partial charge in [0.2, 0.25) is 5.91 Å². The number of halogens is 1. The Balaban J connectivity index is 1.65. The van der Waals surface area contributed by atoms with Gasteiger partial charge in [-0.3, -0.25) is 4.79 Å². The summed E-state index contributed by atoms with van der Waals surface area (Å²) in [4.78, 5) is 12.3. The molecule has 0 aromatic carbocycles. The molecule has 17 heavy (non-hydrogen) atoms. The molecule has 4 heteroatoms. The first-order valence-electron chi connectivity index (χ1n) is 6.81. The molecule has 0 aromatic heterocycles. The molecule has 1 heterocycles. The van der Waals surface area contributed by atoms with Gasteiger partial charge in [0.1, 0.15) is 0 Å². The zero-order chi connectivity index (χ0) is 12.1. The average Bonchev–Trinajstić information content (AvgIpc) is 2.82. The number of rotatable bonds is 4. The summed E-state index contributed by atoms with van der Waals surface area (Å²) < 4.78 is 5.53. The van der Waals surface area contributed by atoms with Gasteiger partial charge in [-0.2, -0.15) is 0 Å². The third kappa shape index (κ3) is 4.25. The molecule has 0 aromatic rings. The van der Waals surface area contributed by atoms with Crippen LogP contribution in [0, 0.1) is 0 Å². The first-order chi connectivity index (χ1) is 8.25. The molecule has 0 radical (unpaired) electrons. The maximum Gasteiger partial charge on any atom is 0.220 e. The van der Waals surface area contributed by atoms with E-state index in [2.05, 4.69) is 21.2 Å². The van der Waals surface area contributed by atoms with Gasteiger partial charge in [0.05, 0.1) is 6.10 Å². The largest absolute Gasteiger partial charge is 0.378 e. The molecule has 3 atom stereocenters. The Hall–Kier alpha value is -0.0900. The quantitative estimate of drug-likeness (QED) is 0.811. The fourth-order valence-corrected chi connectivity index (χ4v) is 3.41. The van der Waals surface area contributed by atoms with Crippen LogP contribution in [0.25, 0.3) is 0 Å². The van der Waals surface area contributed by atoms with Crippen LogP contribution in [0.5, 0.6) is 0 Å². The molecule has 1 saturated heterocycles. The number of amides is 1. The number of carbonyl (C=O) groups excluding carboxylic acids is 1. The van der Waals surface area contributed by atoms with E-state index in [1.54, 1.807) is 0 Å². The molecule has 0 bridgehead atoms. The van der Waals surface area contributed by atoms with Gasteiger partial charge in [0.25, 0.3) is 0 Å². The zero-order valence-electron chi connectivity index (χ0n) is 10.3. The van der Waals surface area contributed by atoms with Crippen molar-refractivity contribution in [2.75, 3.05) is 6.61 Å². The van der Waals surface area contributed by atoms with Crippen molar-refractivity contribution in [3.8, 4) is 0 Å². The van der Waals surface area contributed by atoms with Gasteiger partial charge in [-0.1, -0.05) is 28.8 Å². The molecule has 1 aliphatic carbocycles. The summed E-state index contributed by atoms with van der Waals surface area (Å²) in [7, 11) is 0. The van der Waals surface area contributed by atoms with Crippen LogP contribution in [0.4, 0.5) is 0 Å². The summed E-state index contributed by atoms with van der Waals surface area (Å²) in [6, 6.07) is 0.334. The lowest BCUT2D eigenvalue weighted by atomic mass is 9.95. The molecular formula is C13H22BrNO2. The Bertz CT molecular complexity index is 254. The number of alkyl halides is 1. The molecule has 2 rings (SSSR count). The number of hydrogen-bond acceptors (Lipinski definition) is 2. The van der Waals surface area contributed by atoms with Gasteiger partial charge in [-0.05, 0) is 32.1 Å². The molecule has 1 amide bonds.